The molecule has 1 fully saturated rings. The average Bonchev–Trinajstić information content (AvgIpc) is 2.80. The molecule has 0 aliphatic carbocycles. The lowest BCUT2D eigenvalue weighted by Crippen LogP contribution is -2.51. The molecule has 33 heavy (non-hydrogen) atoms. The van der Waals surface area contributed by atoms with Crippen LogP contribution in [0.25, 0.3) is 0 Å². The molecule has 2 aromatic carbocycles. The minimum atomic E-state index is -4.18. The van der Waals surface area contributed by atoms with E-state index in [0.717, 1.165) is 22.0 Å². The molecule has 3 aromatic rings. The molecule has 0 bridgehead atoms. The molecule has 7 nitrogen and oxygen atoms in total. The molecule has 2 heterocycles. The quantitative estimate of drug-likeness (QED) is 0.570. The second-order valence-corrected chi connectivity index (χ2v) is 9.52. The fourth-order valence-corrected chi connectivity index (χ4v) is 5.20. The van der Waals surface area contributed by atoms with Crippen molar-refractivity contribution >= 4 is 15.9 Å². The summed E-state index contributed by atoms with van der Waals surface area (Å²) in [5.41, 5.74) is 0.472. The van der Waals surface area contributed by atoms with Crippen molar-refractivity contribution in [1.82, 2.24) is 13.8 Å². The van der Waals surface area contributed by atoms with Gasteiger partial charge in [-0.3, -0.25) is 9.59 Å². The van der Waals surface area contributed by atoms with Gasteiger partial charge in [0, 0.05) is 38.4 Å². The zero-order valence-electron chi connectivity index (χ0n) is 17.5. The van der Waals surface area contributed by atoms with Crippen LogP contribution in [0.1, 0.15) is 15.9 Å². The fraction of sp³-hybridized carbons (Fsp3) is 0.217. The minimum absolute atomic E-state index is 0.00526. The van der Waals surface area contributed by atoms with Crippen molar-refractivity contribution in [3.05, 3.63) is 100.0 Å². The van der Waals surface area contributed by atoms with E-state index in [0.29, 0.717) is 12.6 Å². The van der Waals surface area contributed by atoms with E-state index in [4.69, 9.17) is 0 Å². The highest BCUT2D eigenvalue weighted by Crippen LogP contribution is 2.21. The summed E-state index contributed by atoms with van der Waals surface area (Å²) in [5, 5.41) is 0. The summed E-state index contributed by atoms with van der Waals surface area (Å²) in [7, 11) is -4.18. The fourth-order valence-electron chi connectivity index (χ4n) is 3.73. The molecule has 4 rings (SSSR count). The maximum atomic E-state index is 14.0. The molecule has 1 amide bonds. The highest BCUT2D eigenvalue weighted by Gasteiger charge is 2.32. The van der Waals surface area contributed by atoms with Crippen molar-refractivity contribution in [1.29, 1.82) is 0 Å². The molecule has 10 heteroatoms. The van der Waals surface area contributed by atoms with E-state index in [1.165, 1.54) is 15.5 Å². The van der Waals surface area contributed by atoms with E-state index in [-0.39, 0.29) is 31.7 Å². The molecular formula is C23H21F2N3O4S. The first-order valence-electron chi connectivity index (χ1n) is 10.3. The number of hydrogen-bond acceptors (Lipinski definition) is 4. The van der Waals surface area contributed by atoms with Gasteiger partial charge in [0.15, 0.2) is 0 Å². The van der Waals surface area contributed by atoms with Gasteiger partial charge in [0.05, 0.1) is 6.54 Å². The second kappa shape index (κ2) is 9.24. The molecule has 1 aromatic heterocycles. The first-order chi connectivity index (χ1) is 15.8. The number of pyridine rings is 1. The van der Waals surface area contributed by atoms with Crippen LogP contribution in [0.15, 0.2) is 76.6 Å². The predicted octanol–water partition coefficient (Wildman–Crippen LogP) is 2.32. The van der Waals surface area contributed by atoms with Crippen molar-refractivity contribution < 1.29 is 22.0 Å². The number of piperazine rings is 1. The average molecular weight is 474 g/mol. The number of nitrogens with zero attached hydrogens (tertiary/aromatic N) is 3. The van der Waals surface area contributed by atoms with Gasteiger partial charge in [-0.2, -0.15) is 4.31 Å². The van der Waals surface area contributed by atoms with Gasteiger partial charge in [0.2, 0.25) is 10.0 Å². The van der Waals surface area contributed by atoms with Gasteiger partial charge in [-0.05, 0) is 29.8 Å². The third-order valence-electron chi connectivity index (χ3n) is 5.48. The highest BCUT2D eigenvalue weighted by molar-refractivity contribution is 7.89. The van der Waals surface area contributed by atoms with Gasteiger partial charge < -0.3 is 9.47 Å². The summed E-state index contributed by atoms with van der Waals surface area (Å²) in [6, 6.07) is 14.7. The summed E-state index contributed by atoms with van der Waals surface area (Å²) in [5.74, 6) is -2.54. The van der Waals surface area contributed by atoms with Gasteiger partial charge in [-0.25, -0.2) is 17.2 Å². The Morgan fingerprint density at radius 2 is 1.61 bits per heavy atom. The first-order valence-corrected chi connectivity index (χ1v) is 11.7. The Balaban J connectivity index is 1.48. The number of halogens is 2. The zero-order valence-corrected chi connectivity index (χ0v) is 18.3. The van der Waals surface area contributed by atoms with E-state index in [2.05, 4.69) is 0 Å². The number of benzene rings is 2. The largest absolute Gasteiger partial charge is 0.336 e. The number of amides is 1. The molecule has 0 spiro atoms. The third kappa shape index (κ3) is 4.71. The number of rotatable bonds is 5. The van der Waals surface area contributed by atoms with Crippen molar-refractivity contribution in [2.45, 2.75) is 11.4 Å². The minimum Gasteiger partial charge on any atom is -0.336 e. The molecule has 1 aliphatic heterocycles. The lowest BCUT2D eigenvalue weighted by Gasteiger charge is -2.34. The van der Waals surface area contributed by atoms with E-state index >= 15 is 0 Å². The van der Waals surface area contributed by atoms with Crippen molar-refractivity contribution in [3.8, 4) is 0 Å². The summed E-state index contributed by atoms with van der Waals surface area (Å²) in [6.07, 6.45) is 1.61. The van der Waals surface area contributed by atoms with E-state index in [9.17, 15) is 26.8 Å². The molecule has 0 N–H and O–H groups in total. The van der Waals surface area contributed by atoms with Gasteiger partial charge in [0.25, 0.3) is 11.5 Å². The lowest BCUT2D eigenvalue weighted by atomic mass is 10.2. The van der Waals surface area contributed by atoms with Crippen LogP contribution in [-0.4, -0.2) is 54.3 Å². The zero-order chi connectivity index (χ0) is 23.6. The maximum absolute atomic E-state index is 14.0. The molecule has 172 valence electrons. The Morgan fingerprint density at radius 1 is 0.909 bits per heavy atom. The van der Waals surface area contributed by atoms with E-state index < -0.39 is 38.0 Å². The van der Waals surface area contributed by atoms with Gasteiger partial charge in [-0.15, -0.1) is 0 Å². The van der Waals surface area contributed by atoms with Crippen LogP contribution >= 0.6 is 0 Å². The monoisotopic (exact) mass is 473 g/mol. The normalized spacial score (nSPS) is 14.9. The SMILES string of the molecule is O=C(c1cccn(Cc2ccccc2)c1=O)N1CCN(S(=O)(=O)c2ccc(F)cc2F)CC1. The van der Waals surface area contributed by atoms with Gasteiger partial charge >= 0.3 is 0 Å². The smallest absolute Gasteiger partial charge is 0.263 e. The molecule has 0 saturated carbocycles. The summed E-state index contributed by atoms with van der Waals surface area (Å²) in [4.78, 5) is 26.6. The third-order valence-corrected chi connectivity index (χ3v) is 7.42. The molecule has 1 aliphatic rings. The summed E-state index contributed by atoms with van der Waals surface area (Å²) < 4.78 is 55.1. The van der Waals surface area contributed by atoms with Crippen LogP contribution in [0.4, 0.5) is 8.78 Å². The van der Waals surface area contributed by atoms with Gasteiger partial charge in [0.1, 0.15) is 22.1 Å². The van der Waals surface area contributed by atoms with Crippen LogP contribution in [0.5, 0.6) is 0 Å². The van der Waals surface area contributed by atoms with E-state index in [1.807, 2.05) is 30.3 Å². The van der Waals surface area contributed by atoms with Crippen molar-refractivity contribution in [2.24, 2.45) is 0 Å². The standard InChI is InChI=1S/C23H21F2N3O4S/c24-18-8-9-21(20(25)15-18)33(31,32)28-13-11-26(12-14-28)22(29)19-7-4-10-27(23(19)30)16-17-5-2-1-3-6-17/h1-10,15H,11-14,16H2. The Morgan fingerprint density at radius 3 is 2.27 bits per heavy atom. The number of aromatic nitrogens is 1. The van der Waals surface area contributed by atoms with E-state index in [1.54, 1.807) is 12.3 Å². The molecule has 1 saturated heterocycles. The number of hydrogen-bond donors (Lipinski definition) is 0. The van der Waals surface area contributed by atoms with Crippen LogP contribution in [0.2, 0.25) is 0 Å². The molecule has 0 unspecified atom stereocenters. The second-order valence-electron chi connectivity index (χ2n) is 7.61. The van der Waals surface area contributed by atoms with Crippen molar-refractivity contribution in [3.63, 3.8) is 0 Å². The topological polar surface area (TPSA) is 79.7 Å². The van der Waals surface area contributed by atoms with Crippen molar-refractivity contribution in [2.75, 3.05) is 26.2 Å². The predicted molar refractivity (Wildman–Crippen MR) is 117 cm³/mol. The van der Waals surface area contributed by atoms with Gasteiger partial charge in [-0.1, -0.05) is 30.3 Å². The molecule has 0 atom stereocenters. The van der Waals surface area contributed by atoms with Crippen LogP contribution in [-0.2, 0) is 16.6 Å². The number of carbonyl (C=O) groups is 1. The summed E-state index contributed by atoms with van der Waals surface area (Å²) >= 11 is 0. The maximum Gasteiger partial charge on any atom is 0.263 e. The highest BCUT2D eigenvalue weighted by atomic mass is 32.2. The van der Waals surface area contributed by atoms with Crippen LogP contribution in [0, 0.1) is 11.6 Å². The Hall–Kier alpha value is -3.37. The van der Waals surface area contributed by atoms with Crippen LogP contribution in [0.3, 0.4) is 0 Å². The number of sulfonamides is 1. The molecule has 0 radical (unpaired) electrons. The Bertz CT molecular complexity index is 1340. The Kier molecular flexibility index (Phi) is 6.39. The lowest BCUT2D eigenvalue weighted by molar-refractivity contribution is 0.0695. The van der Waals surface area contributed by atoms with Crippen LogP contribution < -0.4 is 5.56 Å². The first kappa shape index (κ1) is 22.8. The number of carbonyl (C=O) groups excluding carboxylic acids is 1. The summed E-state index contributed by atoms with van der Waals surface area (Å²) in [6.45, 7) is 0.240. The molecular weight excluding hydrogens is 452 g/mol. The Labute approximate surface area is 189 Å².